The Hall–Kier alpha value is 0.250. The first-order valence-corrected chi connectivity index (χ1v) is 6.23. The van der Waals surface area contributed by atoms with E-state index in [1.54, 1.807) is 7.11 Å². The van der Waals surface area contributed by atoms with Gasteiger partial charge >= 0.3 is 0 Å². The summed E-state index contributed by atoms with van der Waals surface area (Å²) in [6, 6.07) is 0. The molecular formula is C12H21IO. The molecule has 0 spiro atoms. The number of hydrogen-bond donors (Lipinski definition) is 0. The lowest BCUT2D eigenvalue weighted by molar-refractivity contribution is 0.0128. The van der Waals surface area contributed by atoms with Crippen molar-refractivity contribution in [3.05, 3.63) is 0 Å². The molecule has 1 atom stereocenters. The Labute approximate surface area is 102 Å². The summed E-state index contributed by atoms with van der Waals surface area (Å²) in [6.07, 6.45) is 4.63. The van der Waals surface area contributed by atoms with Crippen LogP contribution in [0.25, 0.3) is 0 Å². The van der Waals surface area contributed by atoms with Crippen LogP contribution in [0.15, 0.2) is 0 Å². The van der Waals surface area contributed by atoms with E-state index in [1.807, 2.05) is 0 Å². The van der Waals surface area contributed by atoms with Crippen molar-refractivity contribution in [1.29, 1.82) is 0 Å². The van der Waals surface area contributed by atoms with Crippen molar-refractivity contribution in [2.75, 3.05) is 7.11 Å². The van der Waals surface area contributed by atoms with Gasteiger partial charge < -0.3 is 4.74 Å². The van der Waals surface area contributed by atoms with Crippen molar-refractivity contribution < 1.29 is 4.74 Å². The minimum Gasteiger partial charge on any atom is -0.379 e. The van der Waals surface area contributed by atoms with Gasteiger partial charge in [-0.1, -0.05) is 19.3 Å². The molecule has 14 heavy (non-hydrogen) atoms. The SMILES string of the molecule is COC(C)(C)CCCC(C)CC#CI. The van der Waals surface area contributed by atoms with Crippen molar-refractivity contribution in [2.24, 2.45) is 5.92 Å². The van der Waals surface area contributed by atoms with Crippen LogP contribution in [-0.4, -0.2) is 12.7 Å². The van der Waals surface area contributed by atoms with Crippen LogP contribution >= 0.6 is 22.6 Å². The highest BCUT2D eigenvalue weighted by atomic mass is 127. The minimum absolute atomic E-state index is 0.0364. The van der Waals surface area contributed by atoms with Crippen molar-refractivity contribution in [3.8, 4) is 9.85 Å². The number of hydrogen-bond acceptors (Lipinski definition) is 1. The van der Waals surface area contributed by atoms with Gasteiger partial charge in [0.2, 0.25) is 0 Å². The molecule has 1 nitrogen and oxygen atoms in total. The van der Waals surface area contributed by atoms with Crippen LogP contribution in [0.5, 0.6) is 0 Å². The molecule has 0 rings (SSSR count). The predicted molar refractivity (Wildman–Crippen MR) is 70.5 cm³/mol. The molecule has 0 amide bonds. The summed E-state index contributed by atoms with van der Waals surface area (Å²) < 4.78 is 8.28. The molecule has 0 saturated heterocycles. The van der Waals surface area contributed by atoms with Crippen molar-refractivity contribution in [2.45, 2.75) is 52.1 Å². The van der Waals surface area contributed by atoms with E-state index in [9.17, 15) is 0 Å². The molecule has 0 aromatic heterocycles. The van der Waals surface area contributed by atoms with Crippen LogP contribution in [0, 0.1) is 15.8 Å². The molecule has 82 valence electrons. The van der Waals surface area contributed by atoms with Gasteiger partial charge in [0.15, 0.2) is 0 Å². The van der Waals surface area contributed by atoms with Gasteiger partial charge in [0.1, 0.15) is 0 Å². The molecule has 2 heteroatoms. The van der Waals surface area contributed by atoms with E-state index < -0.39 is 0 Å². The molecule has 0 heterocycles. The van der Waals surface area contributed by atoms with Crippen LogP contribution in [0.3, 0.4) is 0 Å². The lowest BCUT2D eigenvalue weighted by Gasteiger charge is -2.23. The van der Waals surface area contributed by atoms with E-state index in [1.165, 1.54) is 12.8 Å². The summed E-state index contributed by atoms with van der Waals surface area (Å²) in [6.45, 7) is 6.55. The quantitative estimate of drug-likeness (QED) is 0.532. The topological polar surface area (TPSA) is 9.23 Å². The Morgan fingerprint density at radius 3 is 2.57 bits per heavy atom. The van der Waals surface area contributed by atoms with E-state index in [2.05, 4.69) is 53.2 Å². The highest BCUT2D eigenvalue weighted by Crippen LogP contribution is 2.19. The first kappa shape index (κ1) is 14.2. The maximum atomic E-state index is 5.37. The predicted octanol–water partition coefficient (Wildman–Crippen LogP) is 4.00. The van der Waals surface area contributed by atoms with Crippen molar-refractivity contribution in [3.63, 3.8) is 0 Å². The fourth-order valence-corrected chi connectivity index (χ4v) is 1.51. The monoisotopic (exact) mass is 308 g/mol. The third-order valence-corrected chi connectivity index (χ3v) is 2.93. The smallest absolute Gasteiger partial charge is 0.0622 e. The van der Waals surface area contributed by atoms with Gasteiger partial charge in [-0.2, -0.15) is 0 Å². The molecule has 0 aliphatic rings. The van der Waals surface area contributed by atoms with E-state index in [0.717, 1.165) is 12.8 Å². The van der Waals surface area contributed by atoms with Crippen LogP contribution in [-0.2, 0) is 4.74 Å². The van der Waals surface area contributed by atoms with E-state index >= 15 is 0 Å². The zero-order valence-corrected chi connectivity index (χ0v) is 11.8. The van der Waals surface area contributed by atoms with Crippen LogP contribution in [0.1, 0.15) is 46.5 Å². The van der Waals surface area contributed by atoms with Gasteiger partial charge in [0.25, 0.3) is 0 Å². The maximum absolute atomic E-state index is 5.37. The van der Waals surface area contributed by atoms with Gasteiger partial charge in [0.05, 0.1) is 5.60 Å². The molecule has 0 radical (unpaired) electrons. The summed E-state index contributed by atoms with van der Waals surface area (Å²) in [5.41, 5.74) is 0.0364. The third kappa shape index (κ3) is 7.64. The van der Waals surface area contributed by atoms with Crippen molar-refractivity contribution in [1.82, 2.24) is 0 Å². The van der Waals surface area contributed by atoms with E-state index in [4.69, 9.17) is 4.74 Å². The van der Waals surface area contributed by atoms with Crippen LogP contribution in [0.2, 0.25) is 0 Å². The third-order valence-electron chi connectivity index (χ3n) is 2.55. The minimum atomic E-state index is 0.0364. The fourth-order valence-electron chi connectivity index (χ4n) is 1.29. The molecular weight excluding hydrogens is 287 g/mol. The van der Waals surface area contributed by atoms with Gasteiger partial charge in [0, 0.05) is 36.1 Å². The molecule has 1 unspecified atom stereocenters. The number of methoxy groups -OCH3 is 1. The highest BCUT2D eigenvalue weighted by Gasteiger charge is 2.15. The molecule has 0 bridgehead atoms. The lowest BCUT2D eigenvalue weighted by atomic mass is 9.95. The van der Waals surface area contributed by atoms with Crippen LogP contribution < -0.4 is 0 Å². The summed E-state index contributed by atoms with van der Waals surface area (Å²) in [7, 11) is 1.78. The first-order valence-electron chi connectivity index (χ1n) is 5.15. The average molecular weight is 308 g/mol. The van der Waals surface area contributed by atoms with Gasteiger partial charge in [-0.3, -0.25) is 0 Å². The van der Waals surface area contributed by atoms with Crippen molar-refractivity contribution >= 4 is 22.6 Å². The number of halogens is 1. The Kier molecular flexibility index (Phi) is 7.66. The van der Waals surface area contributed by atoms with Gasteiger partial charge in [-0.15, -0.1) is 0 Å². The summed E-state index contributed by atoms with van der Waals surface area (Å²) in [5.74, 6) is 3.83. The zero-order valence-electron chi connectivity index (χ0n) is 9.69. The standard InChI is InChI=1S/C12H21IO/c1-11(8-6-10-13)7-5-9-12(2,3)14-4/h11H,5,7-9H2,1-4H3. The number of rotatable bonds is 6. The molecule has 0 N–H and O–H groups in total. The number of ether oxygens (including phenoxy) is 1. The Balaban J connectivity index is 3.56. The Morgan fingerprint density at radius 1 is 1.43 bits per heavy atom. The fraction of sp³-hybridized carbons (Fsp3) is 0.833. The molecule has 0 aliphatic heterocycles. The second-order valence-electron chi connectivity index (χ2n) is 4.44. The lowest BCUT2D eigenvalue weighted by Crippen LogP contribution is -2.22. The average Bonchev–Trinajstić information content (AvgIpc) is 2.14. The molecule has 0 fully saturated rings. The Morgan fingerprint density at radius 2 is 2.07 bits per heavy atom. The van der Waals surface area contributed by atoms with Gasteiger partial charge in [-0.25, -0.2) is 0 Å². The molecule has 0 saturated carbocycles. The maximum Gasteiger partial charge on any atom is 0.0622 e. The summed E-state index contributed by atoms with van der Waals surface area (Å²) >= 11 is 2.10. The highest BCUT2D eigenvalue weighted by molar-refractivity contribution is 14.1. The zero-order chi connectivity index (χ0) is 11.0. The van der Waals surface area contributed by atoms with E-state index in [-0.39, 0.29) is 5.60 Å². The second kappa shape index (κ2) is 7.53. The summed E-state index contributed by atoms with van der Waals surface area (Å²) in [5, 5.41) is 0. The normalized spacial score (nSPS) is 13.2. The molecule has 0 aliphatic carbocycles. The molecule has 0 aromatic rings. The van der Waals surface area contributed by atoms with Gasteiger partial charge in [-0.05, 0) is 36.5 Å². The Bertz CT molecular complexity index is 200. The van der Waals surface area contributed by atoms with E-state index in [0.29, 0.717) is 5.92 Å². The van der Waals surface area contributed by atoms with Crippen LogP contribution in [0.4, 0.5) is 0 Å². The second-order valence-corrected chi connectivity index (χ2v) is 4.98. The largest absolute Gasteiger partial charge is 0.379 e. The first-order chi connectivity index (χ1) is 6.52. The summed E-state index contributed by atoms with van der Waals surface area (Å²) in [4.78, 5) is 0. The molecule has 0 aromatic carbocycles.